The highest BCUT2D eigenvalue weighted by atomic mass is 16.7. The average molecular weight is 296 g/mol. The van der Waals surface area contributed by atoms with Gasteiger partial charge in [0.05, 0.1) is 0 Å². The Morgan fingerprint density at radius 1 is 0.864 bits per heavy atom. The topological polar surface area (TPSA) is 35.5 Å². The third kappa shape index (κ3) is 3.67. The van der Waals surface area contributed by atoms with Crippen LogP contribution in [0.25, 0.3) is 11.1 Å². The molecule has 0 aliphatic heterocycles. The Morgan fingerprint density at radius 2 is 1.55 bits per heavy atom. The average Bonchev–Trinajstić information content (AvgIpc) is 2.57. The van der Waals surface area contributed by atoms with Gasteiger partial charge in [0, 0.05) is 5.56 Å². The first-order valence-corrected chi connectivity index (χ1v) is 7.86. The minimum atomic E-state index is -0.602. The molecule has 0 atom stereocenters. The molecule has 0 radical (unpaired) electrons. The molecule has 0 heterocycles. The van der Waals surface area contributed by atoms with Gasteiger partial charge >= 0.3 is 6.16 Å². The van der Waals surface area contributed by atoms with Crippen LogP contribution in [-0.4, -0.2) is 12.3 Å². The van der Waals surface area contributed by atoms with E-state index in [0.29, 0.717) is 5.75 Å². The van der Waals surface area contributed by atoms with Crippen molar-refractivity contribution in [2.24, 2.45) is 0 Å². The van der Waals surface area contributed by atoms with Crippen molar-refractivity contribution >= 4 is 6.16 Å². The fourth-order valence-corrected chi connectivity index (χ4v) is 2.84. The molecule has 3 heteroatoms. The Kier molecular flexibility index (Phi) is 4.74. The van der Waals surface area contributed by atoms with Gasteiger partial charge in [-0.3, -0.25) is 0 Å². The lowest BCUT2D eigenvalue weighted by Crippen LogP contribution is -2.23. The van der Waals surface area contributed by atoms with Crippen LogP contribution in [0, 0.1) is 0 Å². The Labute approximate surface area is 130 Å². The van der Waals surface area contributed by atoms with Crippen molar-refractivity contribution in [3.63, 3.8) is 0 Å². The highest BCUT2D eigenvalue weighted by Crippen LogP contribution is 2.30. The largest absolute Gasteiger partial charge is 0.514 e. The van der Waals surface area contributed by atoms with Gasteiger partial charge in [-0.2, -0.15) is 0 Å². The van der Waals surface area contributed by atoms with E-state index in [0.717, 1.165) is 36.8 Å². The van der Waals surface area contributed by atoms with E-state index in [1.165, 1.54) is 6.42 Å². The Morgan fingerprint density at radius 3 is 2.32 bits per heavy atom. The second-order valence-electron chi connectivity index (χ2n) is 5.59. The van der Waals surface area contributed by atoms with E-state index < -0.39 is 6.16 Å². The van der Waals surface area contributed by atoms with Crippen LogP contribution in [0.15, 0.2) is 54.6 Å². The van der Waals surface area contributed by atoms with E-state index in [2.05, 4.69) is 0 Å². The number of hydrogen-bond donors (Lipinski definition) is 0. The zero-order valence-corrected chi connectivity index (χ0v) is 12.5. The second kappa shape index (κ2) is 7.12. The molecule has 0 spiro atoms. The van der Waals surface area contributed by atoms with E-state index in [1.807, 2.05) is 48.5 Å². The predicted octanol–water partition coefficient (Wildman–Crippen LogP) is 5.20. The van der Waals surface area contributed by atoms with E-state index in [4.69, 9.17) is 9.47 Å². The quantitative estimate of drug-likeness (QED) is 0.576. The van der Waals surface area contributed by atoms with Gasteiger partial charge in [-0.1, -0.05) is 55.0 Å². The van der Waals surface area contributed by atoms with Crippen molar-refractivity contribution in [3.8, 4) is 16.9 Å². The second-order valence-corrected chi connectivity index (χ2v) is 5.59. The monoisotopic (exact) mass is 296 g/mol. The molecule has 0 amide bonds. The van der Waals surface area contributed by atoms with Crippen molar-refractivity contribution in [1.29, 1.82) is 0 Å². The summed E-state index contributed by atoms with van der Waals surface area (Å²) in [7, 11) is 0. The molecule has 114 valence electrons. The third-order valence-corrected chi connectivity index (χ3v) is 3.98. The van der Waals surface area contributed by atoms with Crippen LogP contribution in [0.2, 0.25) is 0 Å². The standard InChI is InChI=1S/C19H20O3/c20-19(21-16-11-5-2-6-12-16)22-18-14-8-7-13-17(18)15-9-3-1-4-10-15/h1,3-4,7-10,13-14,16H,2,5-6,11-12H2. The lowest BCUT2D eigenvalue weighted by Gasteiger charge is -2.21. The van der Waals surface area contributed by atoms with E-state index in [9.17, 15) is 4.79 Å². The number of para-hydroxylation sites is 1. The molecule has 3 nitrogen and oxygen atoms in total. The minimum absolute atomic E-state index is 0.00476. The molecule has 22 heavy (non-hydrogen) atoms. The summed E-state index contributed by atoms with van der Waals surface area (Å²) in [6.45, 7) is 0. The summed E-state index contributed by atoms with van der Waals surface area (Å²) in [5, 5.41) is 0. The Hall–Kier alpha value is -2.29. The molecule has 0 unspecified atom stereocenters. The molecule has 0 aromatic heterocycles. The van der Waals surface area contributed by atoms with Crippen molar-refractivity contribution < 1.29 is 14.3 Å². The third-order valence-electron chi connectivity index (χ3n) is 3.98. The lowest BCUT2D eigenvalue weighted by atomic mass is 9.98. The molecular formula is C19H20O3. The van der Waals surface area contributed by atoms with Crippen LogP contribution >= 0.6 is 0 Å². The molecule has 0 N–H and O–H groups in total. The number of rotatable bonds is 3. The first kappa shape index (κ1) is 14.6. The van der Waals surface area contributed by atoms with Crippen molar-refractivity contribution in [3.05, 3.63) is 54.6 Å². The van der Waals surface area contributed by atoms with Gasteiger partial charge in [0.25, 0.3) is 0 Å². The van der Waals surface area contributed by atoms with Gasteiger partial charge in [0.1, 0.15) is 11.9 Å². The van der Waals surface area contributed by atoms with Crippen molar-refractivity contribution in [2.75, 3.05) is 0 Å². The predicted molar refractivity (Wildman–Crippen MR) is 85.9 cm³/mol. The van der Waals surface area contributed by atoms with Crippen LogP contribution in [0.3, 0.4) is 0 Å². The SMILES string of the molecule is O=C(Oc1ccccc1-c1ccccc1)OC1CCCCC1. The number of hydrogen-bond acceptors (Lipinski definition) is 3. The summed E-state index contributed by atoms with van der Waals surface area (Å²) < 4.78 is 10.9. The molecule has 1 aliphatic carbocycles. The number of benzene rings is 2. The summed E-state index contributed by atoms with van der Waals surface area (Å²) in [6, 6.07) is 17.4. The smallest absolute Gasteiger partial charge is 0.431 e. The maximum absolute atomic E-state index is 12.0. The van der Waals surface area contributed by atoms with E-state index in [1.54, 1.807) is 6.07 Å². The molecule has 3 rings (SSSR count). The van der Waals surface area contributed by atoms with Crippen LogP contribution in [-0.2, 0) is 4.74 Å². The maximum atomic E-state index is 12.0. The van der Waals surface area contributed by atoms with Crippen LogP contribution in [0.1, 0.15) is 32.1 Å². The number of carbonyl (C=O) groups is 1. The van der Waals surface area contributed by atoms with Crippen LogP contribution < -0.4 is 4.74 Å². The summed E-state index contributed by atoms with van der Waals surface area (Å²) in [6.07, 6.45) is 4.76. The zero-order chi connectivity index (χ0) is 15.2. The van der Waals surface area contributed by atoms with E-state index in [-0.39, 0.29) is 6.10 Å². The first-order valence-electron chi connectivity index (χ1n) is 7.86. The first-order chi connectivity index (χ1) is 10.8. The van der Waals surface area contributed by atoms with Crippen LogP contribution in [0.5, 0.6) is 5.75 Å². The Bertz CT molecular complexity index is 616. The molecule has 1 saturated carbocycles. The Balaban J connectivity index is 1.71. The van der Waals surface area contributed by atoms with Gasteiger partial charge in [0.15, 0.2) is 0 Å². The van der Waals surface area contributed by atoms with Gasteiger partial charge in [-0.05, 0) is 37.3 Å². The summed E-state index contributed by atoms with van der Waals surface area (Å²) >= 11 is 0. The molecule has 2 aromatic rings. The zero-order valence-electron chi connectivity index (χ0n) is 12.5. The molecule has 0 saturated heterocycles. The van der Waals surface area contributed by atoms with Gasteiger partial charge in [0.2, 0.25) is 0 Å². The van der Waals surface area contributed by atoms with Crippen molar-refractivity contribution in [1.82, 2.24) is 0 Å². The van der Waals surface area contributed by atoms with Crippen LogP contribution in [0.4, 0.5) is 4.79 Å². The molecule has 1 fully saturated rings. The highest BCUT2D eigenvalue weighted by molar-refractivity contribution is 5.74. The fourth-order valence-electron chi connectivity index (χ4n) is 2.84. The van der Waals surface area contributed by atoms with Gasteiger partial charge in [-0.15, -0.1) is 0 Å². The summed E-state index contributed by atoms with van der Waals surface area (Å²) in [5.74, 6) is 0.537. The summed E-state index contributed by atoms with van der Waals surface area (Å²) in [5.41, 5.74) is 1.91. The normalized spacial score (nSPS) is 15.3. The minimum Gasteiger partial charge on any atom is -0.431 e. The number of ether oxygens (including phenoxy) is 2. The van der Waals surface area contributed by atoms with Crippen molar-refractivity contribution in [2.45, 2.75) is 38.2 Å². The molecular weight excluding hydrogens is 276 g/mol. The van der Waals surface area contributed by atoms with E-state index >= 15 is 0 Å². The molecule has 1 aliphatic rings. The maximum Gasteiger partial charge on any atom is 0.514 e. The van der Waals surface area contributed by atoms with Gasteiger partial charge in [-0.25, -0.2) is 4.79 Å². The fraction of sp³-hybridized carbons (Fsp3) is 0.316. The van der Waals surface area contributed by atoms with Gasteiger partial charge < -0.3 is 9.47 Å². The molecule has 2 aromatic carbocycles. The molecule has 0 bridgehead atoms. The number of carbonyl (C=O) groups excluding carboxylic acids is 1. The summed E-state index contributed by atoms with van der Waals surface area (Å²) in [4.78, 5) is 12.0. The lowest BCUT2D eigenvalue weighted by molar-refractivity contribution is 0.0418. The highest BCUT2D eigenvalue weighted by Gasteiger charge is 2.19.